The molecule has 3 aromatic rings. The molecule has 0 amide bonds. The van der Waals surface area contributed by atoms with E-state index in [1.54, 1.807) is 0 Å². The average Bonchev–Trinajstić information content (AvgIpc) is 2.58. The van der Waals surface area contributed by atoms with Crippen molar-refractivity contribution in [3.63, 3.8) is 0 Å². The van der Waals surface area contributed by atoms with Crippen LogP contribution in [0.3, 0.4) is 0 Å². The van der Waals surface area contributed by atoms with E-state index in [0.717, 1.165) is 23.8 Å². The Hall–Kier alpha value is -3.61. The van der Waals surface area contributed by atoms with Crippen LogP contribution < -0.4 is 5.43 Å². The Morgan fingerprint density at radius 2 is 1.67 bits per heavy atom. The molecule has 2 aromatic carbocycles. The van der Waals surface area contributed by atoms with E-state index < -0.39 is 28.4 Å². The number of allylic oxidation sites excluding steroid dienone is 2. The standard InChI is InChI=1S/C20H18O7/c1-9(2)3-4-10-13(22)7-14(23)17-15(24)8-16(27-20(10)17)11-5-6-12(21)19(26)18(11)25/h3,5-8,21-23,25-26H,4H2,1-2H3. The molecule has 0 spiro atoms. The van der Waals surface area contributed by atoms with Crippen molar-refractivity contribution in [1.29, 1.82) is 0 Å². The van der Waals surface area contributed by atoms with Gasteiger partial charge in [0.25, 0.3) is 0 Å². The van der Waals surface area contributed by atoms with Crippen LogP contribution in [-0.2, 0) is 6.42 Å². The van der Waals surface area contributed by atoms with Crippen LogP contribution in [0, 0.1) is 0 Å². The second-order valence-corrected chi connectivity index (χ2v) is 6.39. The SMILES string of the molecule is CC(C)=CCc1c(O)cc(O)c2c(=O)cc(-c3ccc(O)c(O)c3O)oc12. The van der Waals surface area contributed by atoms with Crippen molar-refractivity contribution in [3.05, 3.63) is 51.7 Å². The summed E-state index contributed by atoms with van der Waals surface area (Å²) in [6.45, 7) is 3.75. The van der Waals surface area contributed by atoms with E-state index in [1.165, 1.54) is 6.07 Å². The molecule has 1 aromatic heterocycles. The van der Waals surface area contributed by atoms with Crippen LogP contribution in [0.1, 0.15) is 19.4 Å². The molecule has 27 heavy (non-hydrogen) atoms. The van der Waals surface area contributed by atoms with E-state index in [9.17, 15) is 30.3 Å². The summed E-state index contributed by atoms with van der Waals surface area (Å²) in [5.41, 5.74) is 0.634. The van der Waals surface area contributed by atoms with Gasteiger partial charge in [-0.1, -0.05) is 11.6 Å². The van der Waals surface area contributed by atoms with Crippen molar-refractivity contribution in [2.45, 2.75) is 20.3 Å². The van der Waals surface area contributed by atoms with E-state index in [0.29, 0.717) is 5.56 Å². The molecule has 0 saturated carbocycles. The van der Waals surface area contributed by atoms with Gasteiger partial charge >= 0.3 is 0 Å². The van der Waals surface area contributed by atoms with Crippen LogP contribution in [0.25, 0.3) is 22.3 Å². The van der Waals surface area contributed by atoms with Gasteiger partial charge in [-0.3, -0.25) is 4.79 Å². The van der Waals surface area contributed by atoms with Crippen molar-refractivity contribution < 1.29 is 29.9 Å². The van der Waals surface area contributed by atoms with E-state index in [2.05, 4.69) is 0 Å². The molecule has 140 valence electrons. The fourth-order valence-electron chi connectivity index (χ4n) is 2.76. The van der Waals surface area contributed by atoms with Gasteiger partial charge in [-0.15, -0.1) is 0 Å². The van der Waals surface area contributed by atoms with Crippen LogP contribution in [0.2, 0.25) is 0 Å². The van der Waals surface area contributed by atoms with E-state index in [1.807, 2.05) is 19.9 Å². The van der Waals surface area contributed by atoms with Crippen LogP contribution in [0.5, 0.6) is 28.7 Å². The average molecular weight is 370 g/mol. The van der Waals surface area contributed by atoms with Crippen LogP contribution in [0.15, 0.2) is 45.1 Å². The number of phenolic OH excluding ortho intramolecular Hbond substituents is 5. The summed E-state index contributed by atoms with van der Waals surface area (Å²) >= 11 is 0. The van der Waals surface area contributed by atoms with Gasteiger partial charge in [0.15, 0.2) is 16.9 Å². The Bertz CT molecular complexity index is 1140. The molecule has 3 rings (SSSR count). The van der Waals surface area contributed by atoms with Gasteiger partial charge in [0.2, 0.25) is 5.75 Å². The summed E-state index contributed by atoms with van der Waals surface area (Å²) in [5, 5.41) is 49.4. The lowest BCUT2D eigenvalue weighted by atomic mass is 10.0. The predicted octanol–water partition coefficient (Wildman–Crippen LogP) is 3.50. The van der Waals surface area contributed by atoms with Crippen LogP contribution in [-0.4, -0.2) is 25.5 Å². The summed E-state index contributed by atoms with van der Waals surface area (Å²) in [4.78, 5) is 12.5. The number of fused-ring (bicyclic) bond motifs is 1. The third-order valence-corrected chi connectivity index (χ3v) is 4.17. The van der Waals surface area contributed by atoms with Crippen LogP contribution >= 0.6 is 0 Å². The van der Waals surface area contributed by atoms with Crippen molar-refractivity contribution >= 4 is 11.0 Å². The molecule has 0 unspecified atom stereocenters. The van der Waals surface area contributed by atoms with Crippen molar-refractivity contribution in [3.8, 4) is 40.1 Å². The second kappa shape index (κ2) is 6.60. The number of aromatic hydroxyl groups is 5. The molecule has 0 aliphatic carbocycles. The number of benzene rings is 2. The minimum Gasteiger partial charge on any atom is -0.507 e. The number of rotatable bonds is 3. The summed E-state index contributed by atoms with van der Waals surface area (Å²) in [6.07, 6.45) is 2.08. The first-order valence-corrected chi connectivity index (χ1v) is 8.10. The molecular weight excluding hydrogens is 352 g/mol. The Kier molecular flexibility index (Phi) is 4.45. The summed E-state index contributed by atoms with van der Waals surface area (Å²) in [5.74, 6) is -2.70. The Morgan fingerprint density at radius 3 is 2.33 bits per heavy atom. The lowest BCUT2D eigenvalue weighted by molar-refractivity contribution is 0.368. The van der Waals surface area contributed by atoms with Crippen molar-refractivity contribution in [2.24, 2.45) is 0 Å². The molecule has 7 nitrogen and oxygen atoms in total. The van der Waals surface area contributed by atoms with Gasteiger partial charge in [0.05, 0.1) is 5.56 Å². The van der Waals surface area contributed by atoms with E-state index in [-0.39, 0.29) is 34.5 Å². The molecule has 7 heteroatoms. The second-order valence-electron chi connectivity index (χ2n) is 6.39. The maximum absolute atomic E-state index is 12.5. The monoisotopic (exact) mass is 370 g/mol. The van der Waals surface area contributed by atoms with Gasteiger partial charge in [0.1, 0.15) is 28.2 Å². The maximum Gasteiger partial charge on any atom is 0.201 e. The fraction of sp³-hybridized carbons (Fsp3) is 0.150. The minimum atomic E-state index is -0.751. The van der Waals surface area contributed by atoms with Gasteiger partial charge < -0.3 is 29.9 Å². The minimum absolute atomic E-state index is 0.0275. The molecule has 0 saturated heterocycles. The highest BCUT2D eigenvalue weighted by Gasteiger charge is 2.20. The third-order valence-electron chi connectivity index (χ3n) is 4.17. The lowest BCUT2D eigenvalue weighted by Gasteiger charge is -2.11. The highest BCUT2D eigenvalue weighted by Crippen LogP contribution is 2.43. The first kappa shape index (κ1) is 18.2. The highest BCUT2D eigenvalue weighted by molar-refractivity contribution is 5.89. The zero-order valence-corrected chi connectivity index (χ0v) is 14.6. The smallest absolute Gasteiger partial charge is 0.201 e. The number of hydrogen-bond donors (Lipinski definition) is 5. The zero-order chi connectivity index (χ0) is 19.9. The Labute approximate surface area is 153 Å². The highest BCUT2D eigenvalue weighted by atomic mass is 16.3. The molecular formula is C20H18O7. The quantitative estimate of drug-likeness (QED) is 0.352. The molecule has 0 bridgehead atoms. The maximum atomic E-state index is 12.5. The Balaban J connectivity index is 2.36. The van der Waals surface area contributed by atoms with E-state index >= 15 is 0 Å². The zero-order valence-electron chi connectivity index (χ0n) is 14.6. The third kappa shape index (κ3) is 3.15. The predicted molar refractivity (Wildman–Crippen MR) is 99.4 cm³/mol. The van der Waals surface area contributed by atoms with Gasteiger partial charge in [0, 0.05) is 17.7 Å². The topological polar surface area (TPSA) is 131 Å². The van der Waals surface area contributed by atoms with Crippen LogP contribution in [0.4, 0.5) is 0 Å². The fourth-order valence-corrected chi connectivity index (χ4v) is 2.76. The number of hydrogen-bond acceptors (Lipinski definition) is 7. The molecule has 0 aliphatic rings. The van der Waals surface area contributed by atoms with Gasteiger partial charge in [-0.25, -0.2) is 0 Å². The van der Waals surface area contributed by atoms with Gasteiger partial charge in [-0.2, -0.15) is 0 Å². The van der Waals surface area contributed by atoms with Crippen molar-refractivity contribution in [1.82, 2.24) is 0 Å². The van der Waals surface area contributed by atoms with E-state index in [4.69, 9.17) is 4.42 Å². The summed E-state index contributed by atoms with van der Waals surface area (Å²) in [7, 11) is 0. The first-order valence-electron chi connectivity index (χ1n) is 8.10. The molecule has 0 radical (unpaired) electrons. The molecule has 0 atom stereocenters. The molecule has 0 fully saturated rings. The lowest BCUT2D eigenvalue weighted by Crippen LogP contribution is -2.03. The number of phenols is 5. The Morgan fingerprint density at radius 1 is 0.963 bits per heavy atom. The molecule has 1 heterocycles. The first-order chi connectivity index (χ1) is 12.7. The summed E-state index contributed by atoms with van der Waals surface area (Å²) < 4.78 is 5.73. The molecule has 0 aliphatic heterocycles. The van der Waals surface area contributed by atoms with Crippen molar-refractivity contribution in [2.75, 3.05) is 0 Å². The largest absolute Gasteiger partial charge is 0.507 e. The molecule has 5 N–H and O–H groups in total. The van der Waals surface area contributed by atoms with Gasteiger partial charge in [-0.05, 0) is 32.4 Å². The summed E-state index contributed by atoms with van der Waals surface area (Å²) in [6, 6.07) is 4.54. The normalized spacial score (nSPS) is 10.9.